The summed E-state index contributed by atoms with van der Waals surface area (Å²) < 4.78 is 36.3. The average molecular weight is 575 g/mol. The molecular formula is C30H38O11. The van der Waals surface area contributed by atoms with Crippen LogP contribution in [0.4, 0.5) is 0 Å². The lowest BCUT2D eigenvalue weighted by Crippen LogP contribution is -2.75. The Morgan fingerprint density at radius 2 is 1.66 bits per heavy atom. The van der Waals surface area contributed by atoms with E-state index >= 15 is 0 Å². The van der Waals surface area contributed by atoms with Gasteiger partial charge in [-0.1, -0.05) is 20.8 Å². The molecule has 3 aliphatic carbocycles. The number of carbonyl (C=O) groups is 5. The summed E-state index contributed by atoms with van der Waals surface area (Å²) in [6.07, 6.45) is 0.867. The maximum Gasteiger partial charge on any atom is 0.342 e. The van der Waals surface area contributed by atoms with Gasteiger partial charge in [-0.2, -0.15) is 0 Å². The highest BCUT2D eigenvalue weighted by atomic mass is 16.7. The lowest BCUT2D eigenvalue weighted by atomic mass is 9.44. The number of ether oxygens (including phenoxy) is 6. The van der Waals surface area contributed by atoms with Gasteiger partial charge < -0.3 is 28.4 Å². The normalized spacial score (nSPS) is 43.5. The summed E-state index contributed by atoms with van der Waals surface area (Å²) in [5.74, 6) is -4.15. The minimum absolute atomic E-state index is 0.124. The summed E-state index contributed by atoms with van der Waals surface area (Å²) in [7, 11) is 0. The second-order valence-corrected chi connectivity index (χ2v) is 12.3. The molecule has 0 unspecified atom stereocenters. The summed E-state index contributed by atoms with van der Waals surface area (Å²) in [5, 5.41) is 0. The highest BCUT2D eigenvalue weighted by Gasteiger charge is 2.94. The SMILES string of the molecule is CCCC(=O)O[C@H]1C[C@H](OC(C)=O)[C@]2(C)[C@@H](OC(C)=O)C=C3C(C)=C[C@@H]4OC(=O)[C@]5(C)O[C@]45[C@]3(OC(C)=O)[C@H]2[C@H]1C. The monoisotopic (exact) mass is 574 g/mol. The highest BCUT2D eigenvalue weighted by molar-refractivity contribution is 5.91. The third kappa shape index (κ3) is 3.76. The summed E-state index contributed by atoms with van der Waals surface area (Å²) >= 11 is 0. The summed E-state index contributed by atoms with van der Waals surface area (Å²) in [4.78, 5) is 63.9. The Morgan fingerprint density at radius 3 is 2.22 bits per heavy atom. The van der Waals surface area contributed by atoms with Crippen LogP contribution in [-0.2, 0) is 52.4 Å². The van der Waals surface area contributed by atoms with E-state index in [1.807, 2.05) is 20.8 Å². The van der Waals surface area contributed by atoms with E-state index in [0.717, 1.165) is 0 Å². The van der Waals surface area contributed by atoms with Crippen molar-refractivity contribution in [2.75, 3.05) is 0 Å². The van der Waals surface area contributed by atoms with Gasteiger partial charge in [-0.3, -0.25) is 19.2 Å². The van der Waals surface area contributed by atoms with E-state index in [9.17, 15) is 24.0 Å². The molecule has 41 heavy (non-hydrogen) atoms. The Morgan fingerprint density at radius 1 is 1.00 bits per heavy atom. The topological polar surface area (TPSA) is 144 Å². The zero-order valence-electron chi connectivity index (χ0n) is 24.7. The molecule has 3 fully saturated rings. The first kappa shape index (κ1) is 29.3. The number of fused-ring (bicyclic) bond motifs is 3. The van der Waals surface area contributed by atoms with Crippen LogP contribution in [0.5, 0.6) is 0 Å². The second kappa shape index (κ2) is 9.40. The molecule has 0 aromatic carbocycles. The van der Waals surface area contributed by atoms with Gasteiger partial charge in [-0.05, 0) is 38.0 Å². The molecule has 1 saturated carbocycles. The number of rotatable bonds is 6. The van der Waals surface area contributed by atoms with Crippen molar-refractivity contribution in [2.24, 2.45) is 17.3 Å². The Balaban J connectivity index is 1.82. The molecule has 11 nitrogen and oxygen atoms in total. The van der Waals surface area contributed by atoms with Gasteiger partial charge in [0.05, 0.1) is 5.41 Å². The number of esters is 5. The van der Waals surface area contributed by atoms with E-state index in [-0.39, 0.29) is 12.8 Å². The Bertz CT molecular complexity index is 1280. The van der Waals surface area contributed by atoms with E-state index in [1.165, 1.54) is 20.8 Å². The van der Waals surface area contributed by atoms with E-state index in [4.69, 9.17) is 28.4 Å². The maximum absolute atomic E-state index is 13.2. The average Bonchev–Trinajstić information content (AvgIpc) is 3.43. The number of hydrogen-bond donors (Lipinski definition) is 0. The van der Waals surface area contributed by atoms with E-state index in [0.29, 0.717) is 17.6 Å². The minimum atomic E-state index is -1.65. The number of carbonyl (C=O) groups excluding carboxylic acids is 5. The van der Waals surface area contributed by atoms with Gasteiger partial charge in [-0.25, -0.2) is 4.79 Å². The van der Waals surface area contributed by atoms with Crippen LogP contribution in [0.25, 0.3) is 0 Å². The van der Waals surface area contributed by atoms with Crippen molar-refractivity contribution in [3.8, 4) is 0 Å². The van der Waals surface area contributed by atoms with Crippen molar-refractivity contribution >= 4 is 29.8 Å². The summed E-state index contributed by atoms with van der Waals surface area (Å²) in [6, 6.07) is 0. The Labute approximate surface area is 238 Å². The molecule has 2 aliphatic heterocycles. The van der Waals surface area contributed by atoms with Gasteiger partial charge in [0.25, 0.3) is 0 Å². The van der Waals surface area contributed by atoms with Crippen LogP contribution in [0.3, 0.4) is 0 Å². The molecule has 2 saturated heterocycles. The molecule has 0 N–H and O–H groups in total. The lowest BCUT2D eigenvalue weighted by molar-refractivity contribution is -0.254. The molecule has 10 atom stereocenters. The van der Waals surface area contributed by atoms with Crippen molar-refractivity contribution in [1.29, 1.82) is 0 Å². The third-order valence-electron chi connectivity index (χ3n) is 9.77. The first-order valence-corrected chi connectivity index (χ1v) is 14.2. The zero-order chi connectivity index (χ0) is 30.3. The highest BCUT2D eigenvalue weighted by Crippen LogP contribution is 2.74. The van der Waals surface area contributed by atoms with Crippen LogP contribution in [0.15, 0.2) is 23.3 Å². The molecule has 11 heteroatoms. The molecule has 1 spiro atoms. The molecule has 2 heterocycles. The van der Waals surface area contributed by atoms with E-state index < -0.39 is 88.3 Å². The van der Waals surface area contributed by atoms with Crippen molar-refractivity contribution in [2.45, 2.75) is 116 Å². The predicted octanol–water partition coefficient (Wildman–Crippen LogP) is 2.88. The van der Waals surface area contributed by atoms with Gasteiger partial charge in [0.2, 0.25) is 5.60 Å². The van der Waals surface area contributed by atoms with Crippen LogP contribution < -0.4 is 0 Å². The third-order valence-corrected chi connectivity index (χ3v) is 9.77. The van der Waals surface area contributed by atoms with Crippen LogP contribution in [-0.4, -0.2) is 71.1 Å². The molecule has 0 aromatic rings. The fourth-order valence-corrected chi connectivity index (χ4v) is 8.27. The van der Waals surface area contributed by atoms with Crippen molar-refractivity contribution in [3.05, 3.63) is 23.3 Å². The smallest absolute Gasteiger partial charge is 0.342 e. The van der Waals surface area contributed by atoms with Gasteiger partial charge in [0.15, 0.2) is 17.3 Å². The second-order valence-electron chi connectivity index (χ2n) is 12.3. The number of epoxide rings is 1. The van der Waals surface area contributed by atoms with E-state index in [2.05, 4.69) is 0 Å². The van der Waals surface area contributed by atoms with Crippen molar-refractivity contribution in [3.63, 3.8) is 0 Å². The Kier molecular flexibility index (Phi) is 6.72. The van der Waals surface area contributed by atoms with Crippen molar-refractivity contribution in [1.82, 2.24) is 0 Å². The predicted molar refractivity (Wildman–Crippen MR) is 140 cm³/mol. The van der Waals surface area contributed by atoms with Crippen LogP contribution in [0.1, 0.15) is 74.7 Å². The van der Waals surface area contributed by atoms with Crippen molar-refractivity contribution < 1.29 is 52.4 Å². The quantitative estimate of drug-likeness (QED) is 0.262. The van der Waals surface area contributed by atoms with Gasteiger partial charge in [0, 0.05) is 51.0 Å². The first-order chi connectivity index (χ1) is 19.1. The lowest BCUT2D eigenvalue weighted by Gasteiger charge is -2.64. The fourth-order valence-electron chi connectivity index (χ4n) is 8.27. The zero-order valence-corrected chi connectivity index (χ0v) is 24.7. The van der Waals surface area contributed by atoms with E-state index in [1.54, 1.807) is 26.0 Å². The van der Waals surface area contributed by atoms with Crippen LogP contribution in [0.2, 0.25) is 0 Å². The first-order valence-electron chi connectivity index (χ1n) is 14.2. The molecular weight excluding hydrogens is 536 g/mol. The molecule has 0 amide bonds. The molecule has 0 bridgehead atoms. The standard InChI is InChI=1S/C30H38O11/c1-9-10-24(34)38-20-13-22(37-17(5)32)27(7)21(36-16(4)31)12-19-14(2)11-23-30(28(8,41-30)26(35)39-23)29(19,40-18(6)33)25(27)15(20)3/h11-12,15,20-23,25H,9-10,13H2,1-8H3/t15-,20-,21-,22-,23-,25-,27-,28-,29+,30+/m0/s1. The van der Waals surface area contributed by atoms with Gasteiger partial charge in [-0.15, -0.1) is 0 Å². The minimum Gasteiger partial charge on any atom is -0.462 e. The van der Waals surface area contributed by atoms with Crippen LogP contribution >= 0.6 is 0 Å². The molecule has 0 radical (unpaired) electrons. The van der Waals surface area contributed by atoms with Crippen LogP contribution in [0, 0.1) is 17.3 Å². The fraction of sp³-hybridized carbons (Fsp3) is 0.700. The molecule has 0 aromatic heterocycles. The van der Waals surface area contributed by atoms with Gasteiger partial charge >= 0.3 is 29.8 Å². The van der Waals surface area contributed by atoms with Gasteiger partial charge in [0.1, 0.15) is 18.3 Å². The maximum atomic E-state index is 13.2. The molecule has 5 aliphatic rings. The summed E-state index contributed by atoms with van der Waals surface area (Å²) in [6.45, 7) is 12.8. The Hall–Kier alpha value is -3.21. The molecule has 5 rings (SSSR count). The number of hydrogen-bond acceptors (Lipinski definition) is 11. The largest absolute Gasteiger partial charge is 0.462 e. The molecule has 224 valence electrons. The summed E-state index contributed by atoms with van der Waals surface area (Å²) in [5.41, 5.74) is -4.60.